The fourth-order valence-electron chi connectivity index (χ4n) is 1.21. The Balaban J connectivity index is 2.57. The van der Waals surface area contributed by atoms with Gasteiger partial charge in [0.15, 0.2) is 0 Å². The van der Waals surface area contributed by atoms with E-state index >= 15 is 0 Å². The standard InChI is InChI=1S/C12H14O5/c1-2-9(13)7-11(14)17-10-5-3-8(4-6-10)12(15)16/h3-6,11,14H,2,7H2,1H3,(H,15,16). The molecule has 1 aromatic carbocycles. The monoisotopic (exact) mass is 238 g/mol. The number of hydrogen-bond acceptors (Lipinski definition) is 4. The molecule has 0 heterocycles. The highest BCUT2D eigenvalue weighted by Gasteiger charge is 2.11. The van der Waals surface area contributed by atoms with Crippen molar-refractivity contribution in [3.63, 3.8) is 0 Å². The lowest BCUT2D eigenvalue weighted by atomic mass is 10.2. The highest BCUT2D eigenvalue weighted by atomic mass is 16.6. The summed E-state index contributed by atoms with van der Waals surface area (Å²) in [4.78, 5) is 21.6. The third-order valence-electron chi connectivity index (χ3n) is 2.17. The third-order valence-corrected chi connectivity index (χ3v) is 2.17. The van der Waals surface area contributed by atoms with Gasteiger partial charge < -0.3 is 14.9 Å². The van der Waals surface area contributed by atoms with Crippen molar-refractivity contribution in [3.05, 3.63) is 29.8 Å². The van der Waals surface area contributed by atoms with Gasteiger partial charge in [0.1, 0.15) is 11.5 Å². The molecule has 1 aromatic rings. The molecule has 5 heteroatoms. The summed E-state index contributed by atoms with van der Waals surface area (Å²) in [5.74, 6) is -0.802. The van der Waals surface area contributed by atoms with Crippen LogP contribution < -0.4 is 4.74 Å². The Labute approximate surface area is 98.6 Å². The number of benzene rings is 1. The minimum absolute atomic E-state index is 0.0722. The SMILES string of the molecule is CCC(=O)CC(O)Oc1ccc(C(=O)O)cc1. The summed E-state index contributed by atoms with van der Waals surface area (Å²) in [5, 5.41) is 18.1. The summed E-state index contributed by atoms with van der Waals surface area (Å²) >= 11 is 0. The Morgan fingerprint density at radius 2 is 1.88 bits per heavy atom. The number of ether oxygens (including phenoxy) is 1. The van der Waals surface area contributed by atoms with Crippen molar-refractivity contribution in [2.24, 2.45) is 0 Å². The smallest absolute Gasteiger partial charge is 0.335 e. The summed E-state index contributed by atoms with van der Waals surface area (Å²) in [6, 6.07) is 5.60. The van der Waals surface area contributed by atoms with Crippen LogP contribution >= 0.6 is 0 Å². The molecule has 0 aliphatic heterocycles. The quantitative estimate of drug-likeness (QED) is 0.733. The van der Waals surface area contributed by atoms with Gasteiger partial charge in [-0.05, 0) is 24.3 Å². The Morgan fingerprint density at radius 1 is 1.29 bits per heavy atom. The van der Waals surface area contributed by atoms with Crippen LogP contribution in [-0.4, -0.2) is 28.3 Å². The van der Waals surface area contributed by atoms with E-state index in [0.717, 1.165) is 0 Å². The van der Waals surface area contributed by atoms with E-state index in [1.165, 1.54) is 24.3 Å². The number of Topliss-reactive ketones (excluding diaryl/α,β-unsaturated/α-hetero) is 1. The van der Waals surface area contributed by atoms with Crippen LogP contribution in [0.15, 0.2) is 24.3 Å². The summed E-state index contributed by atoms with van der Waals surface area (Å²) in [7, 11) is 0. The first-order valence-electron chi connectivity index (χ1n) is 5.22. The highest BCUT2D eigenvalue weighted by molar-refractivity contribution is 5.87. The van der Waals surface area contributed by atoms with Crippen LogP contribution in [0, 0.1) is 0 Å². The fraction of sp³-hybridized carbons (Fsp3) is 0.333. The molecule has 1 atom stereocenters. The lowest BCUT2D eigenvalue weighted by Crippen LogP contribution is -2.19. The molecule has 0 spiro atoms. The third kappa shape index (κ3) is 4.24. The van der Waals surface area contributed by atoms with Gasteiger partial charge in [-0.1, -0.05) is 6.92 Å². The van der Waals surface area contributed by atoms with Crippen molar-refractivity contribution in [2.75, 3.05) is 0 Å². The molecule has 0 aliphatic rings. The molecule has 0 radical (unpaired) electrons. The number of hydrogen-bond donors (Lipinski definition) is 2. The number of ketones is 1. The Hall–Kier alpha value is -1.88. The first-order chi connectivity index (χ1) is 8.02. The molecular formula is C12H14O5. The lowest BCUT2D eigenvalue weighted by molar-refractivity contribution is -0.125. The van der Waals surface area contributed by atoms with Crippen LogP contribution in [0.3, 0.4) is 0 Å². The maximum absolute atomic E-state index is 11.0. The Bertz CT molecular complexity index is 396. The number of aromatic carboxylic acids is 1. The average molecular weight is 238 g/mol. The number of carboxylic acids is 1. The van der Waals surface area contributed by atoms with Crippen LogP contribution in [-0.2, 0) is 4.79 Å². The first-order valence-corrected chi connectivity index (χ1v) is 5.22. The van der Waals surface area contributed by atoms with Crippen molar-refractivity contribution in [1.29, 1.82) is 0 Å². The van der Waals surface area contributed by atoms with Gasteiger partial charge >= 0.3 is 5.97 Å². The van der Waals surface area contributed by atoms with Gasteiger partial charge in [0.05, 0.1) is 12.0 Å². The van der Waals surface area contributed by atoms with Crippen molar-refractivity contribution in [2.45, 2.75) is 26.1 Å². The number of aliphatic hydroxyl groups is 1. The molecular weight excluding hydrogens is 224 g/mol. The zero-order valence-corrected chi connectivity index (χ0v) is 9.42. The van der Waals surface area contributed by atoms with Gasteiger partial charge in [-0.25, -0.2) is 4.79 Å². The molecule has 0 bridgehead atoms. The molecule has 5 nitrogen and oxygen atoms in total. The summed E-state index contributed by atoms with van der Waals surface area (Å²) < 4.78 is 5.06. The second-order valence-electron chi connectivity index (χ2n) is 3.50. The lowest BCUT2D eigenvalue weighted by Gasteiger charge is -2.12. The second kappa shape index (κ2) is 6.00. The van der Waals surface area contributed by atoms with Crippen molar-refractivity contribution in [3.8, 4) is 5.75 Å². The van der Waals surface area contributed by atoms with E-state index in [-0.39, 0.29) is 17.8 Å². The zero-order chi connectivity index (χ0) is 12.8. The van der Waals surface area contributed by atoms with Crippen molar-refractivity contribution >= 4 is 11.8 Å². The molecule has 2 N–H and O–H groups in total. The molecule has 0 saturated carbocycles. The minimum atomic E-state index is -1.20. The fourth-order valence-corrected chi connectivity index (χ4v) is 1.21. The van der Waals surface area contributed by atoms with E-state index in [1.807, 2.05) is 0 Å². The first kappa shape index (κ1) is 13.2. The molecule has 0 amide bonds. The van der Waals surface area contributed by atoms with Crippen LogP contribution in [0.5, 0.6) is 5.75 Å². The molecule has 0 aliphatic carbocycles. The largest absolute Gasteiger partial charge is 0.478 e. The normalized spacial score (nSPS) is 11.9. The van der Waals surface area contributed by atoms with Crippen LogP contribution in [0.4, 0.5) is 0 Å². The molecule has 17 heavy (non-hydrogen) atoms. The van der Waals surface area contributed by atoms with Gasteiger partial charge in [0, 0.05) is 6.42 Å². The maximum atomic E-state index is 11.0. The minimum Gasteiger partial charge on any atom is -0.478 e. The summed E-state index contributed by atoms with van der Waals surface area (Å²) in [6.07, 6.45) is -0.923. The molecule has 0 fully saturated rings. The van der Waals surface area contributed by atoms with Crippen molar-refractivity contribution < 1.29 is 24.5 Å². The van der Waals surface area contributed by atoms with E-state index < -0.39 is 12.3 Å². The second-order valence-corrected chi connectivity index (χ2v) is 3.50. The van der Waals surface area contributed by atoms with Crippen LogP contribution in [0.2, 0.25) is 0 Å². The van der Waals surface area contributed by atoms with Gasteiger partial charge in [-0.15, -0.1) is 0 Å². The topological polar surface area (TPSA) is 83.8 Å². The van der Waals surface area contributed by atoms with Gasteiger partial charge in [0.25, 0.3) is 0 Å². The molecule has 92 valence electrons. The number of rotatable bonds is 6. The van der Waals surface area contributed by atoms with Gasteiger partial charge in [-0.3, -0.25) is 4.79 Å². The molecule has 1 rings (SSSR count). The zero-order valence-electron chi connectivity index (χ0n) is 9.42. The molecule has 0 saturated heterocycles. The average Bonchev–Trinajstić information content (AvgIpc) is 2.29. The number of carbonyl (C=O) groups excluding carboxylic acids is 1. The predicted molar refractivity (Wildman–Crippen MR) is 60.0 cm³/mol. The van der Waals surface area contributed by atoms with E-state index in [2.05, 4.69) is 0 Å². The Kier molecular flexibility index (Phi) is 4.66. The van der Waals surface area contributed by atoms with Crippen LogP contribution in [0.1, 0.15) is 30.1 Å². The number of carboxylic acid groups (broad SMARTS) is 1. The predicted octanol–water partition coefficient (Wildman–Crippen LogP) is 1.45. The van der Waals surface area contributed by atoms with Gasteiger partial charge in [-0.2, -0.15) is 0 Å². The summed E-state index contributed by atoms with van der Waals surface area (Å²) in [5.41, 5.74) is 0.136. The molecule has 0 aromatic heterocycles. The van der Waals surface area contributed by atoms with Crippen molar-refractivity contribution in [1.82, 2.24) is 0 Å². The molecule has 1 unspecified atom stereocenters. The van der Waals surface area contributed by atoms with E-state index in [0.29, 0.717) is 12.2 Å². The van der Waals surface area contributed by atoms with E-state index in [9.17, 15) is 14.7 Å². The Morgan fingerprint density at radius 3 is 2.35 bits per heavy atom. The summed E-state index contributed by atoms with van der Waals surface area (Å²) in [6.45, 7) is 1.71. The van der Waals surface area contributed by atoms with E-state index in [4.69, 9.17) is 9.84 Å². The number of aliphatic hydroxyl groups excluding tert-OH is 1. The van der Waals surface area contributed by atoms with Gasteiger partial charge in [0.2, 0.25) is 6.29 Å². The highest BCUT2D eigenvalue weighted by Crippen LogP contribution is 2.14. The van der Waals surface area contributed by atoms with Crippen LogP contribution in [0.25, 0.3) is 0 Å². The van der Waals surface area contributed by atoms with E-state index in [1.54, 1.807) is 6.92 Å². The number of carbonyl (C=O) groups is 2. The maximum Gasteiger partial charge on any atom is 0.335 e.